The summed E-state index contributed by atoms with van der Waals surface area (Å²) in [5.41, 5.74) is 0.787. The van der Waals surface area contributed by atoms with Gasteiger partial charge in [0.25, 0.3) is 0 Å². The van der Waals surface area contributed by atoms with Gasteiger partial charge in [0.1, 0.15) is 6.54 Å². The Bertz CT molecular complexity index is 607. The Balaban J connectivity index is 3.22. The Morgan fingerprint density at radius 3 is 2.52 bits per heavy atom. The minimum absolute atomic E-state index is 0.155. The molecule has 1 atom stereocenters. The third-order valence-electron chi connectivity index (χ3n) is 3.36. The predicted octanol–water partition coefficient (Wildman–Crippen LogP) is 0.574. The fourth-order valence-corrected chi connectivity index (χ4v) is 2.21. The number of hydrogen-bond acceptors (Lipinski definition) is 4. The summed E-state index contributed by atoms with van der Waals surface area (Å²) in [6, 6.07) is 0. The molecule has 0 saturated heterocycles. The molecule has 1 amide bonds. The second kappa shape index (κ2) is 7.01. The van der Waals surface area contributed by atoms with Crippen LogP contribution < -0.4 is 11.0 Å². The van der Waals surface area contributed by atoms with Crippen molar-refractivity contribution in [2.75, 3.05) is 6.54 Å². The molecule has 1 rings (SSSR count). The van der Waals surface area contributed by atoms with E-state index < -0.39 is 17.6 Å². The highest BCUT2D eigenvalue weighted by atomic mass is 16.4. The fraction of sp³-hybridized carbons (Fsp3) is 0.571. The zero-order valence-electron chi connectivity index (χ0n) is 12.8. The average Bonchev–Trinajstić information content (AvgIpc) is 2.40. The van der Waals surface area contributed by atoms with Gasteiger partial charge in [-0.05, 0) is 27.2 Å². The van der Waals surface area contributed by atoms with E-state index in [0.29, 0.717) is 23.5 Å². The van der Waals surface area contributed by atoms with Crippen LogP contribution in [0.2, 0.25) is 0 Å². The molecule has 7 heteroatoms. The van der Waals surface area contributed by atoms with Gasteiger partial charge in [0.15, 0.2) is 0 Å². The lowest BCUT2D eigenvalue weighted by Gasteiger charge is -2.17. The molecule has 0 saturated carbocycles. The van der Waals surface area contributed by atoms with Gasteiger partial charge in [-0.3, -0.25) is 14.2 Å². The van der Waals surface area contributed by atoms with Crippen LogP contribution >= 0.6 is 0 Å². The molecule has 21 heavy (non-hydrogen) atoms. The van der Waals surface area contributed by atoms with Crippen LogP contribution in [-0.4, -0.2) is 33.1 Å². The first-order valence-electron chi connectivity index (χ1n) is 6.87. The normalized spacial score (nSPS) is 12.0. The first kappa shape index (κ1) is 16.9. The summed E-state index contributed by atoms with van der Waals surface area (Å²) in [5, 5.41) is 11.8. The lowest BCUT2D eigenvalue weighted by Crippen LogP contribution is -2.36. The highest BCUT2D eigenvalue weighted by Gasteiger charge is 2.22. The van der Waals surface area contributed by atoms with Crippen molar-refractivity contribution in [3.63, 3.8) is 0 Å². The minimum Gasteiger partial charge on any atom is -0.481 e. The molecule has 1 aromatic heterocycles. The number of rotatable bonds is 6. The summed E-state index contributed by atoms with van der Waals surface area (Å²) in [7, 11) is 0. The molecule has 2 N–H and O–H groups in total. The van der Waals surface area contributed by atoms with Gasteiger partial charge in [0.05, 0.1) is 5.92 Å². The number of amides is 1. The maximum atomic E-state index is 11.9. The number of aromatic nitrogens is 2. The summed E-state index contributed by atoms with van der Waals surface area (Å²) in [4.78, 5) is 38.7. The molecule has 0 aliphatic rings. The molecule has 0 aromatic carbocycles. The lowest BCUT2D eigenvalue weighted by atomic mass is 9.98. The number of nitrogens with one attached hydrogen (secondary N) is 1. The van der Waals surface area contributed by atoms with Crippen molar-refractivity contribution in [2.24, 2.45) is 0 Å². The van der Waals surface area contributed by atoms with E-state index in [-0.39, 0.29) is 12.5 Å². The van der Waals surface area contributed by atoms with Crippen molar-refractivity contribution in [1.82, 2.24) is 14.9 Å². The first-order chi connectivity index (χ1) is 9.79. The van der Waals surface area contributed by atoms with E-state index >= 15 is 0 Å². The standard InChI is InChI=1S/C14H21N3O4/c1-5-6-15-11(18)7-17-10(4)12(8(2)13(19)20)9(3)16-14(17)21/h8H,5-7H2,1-4H3,(H,15,18)(H,19,20). The minimum atomic E-state index is -0.997. The van der Waals surface area contributed by atoms with E-state index in [2.05, 4.69) is 10.3 Å². The topological polar surface area (TPSA) is 101 Å². The summed E-state index contributed by atoms with van der Waals surface area (Å²) in [5.74, 6) is -2.08. The summed E-state index contributed by atoms with van der Waals surface area (Å²) in [6.45, 7) is 7.08. The highest BCUT2D eigenvalue weighted by molar-refractivity contribution is 5.77. The van der Waals surface area contributed by atoms with Gasteiger partial charge in [-0.2, -0.15) is 4.98 Å². The number of hydrogen-bond donors (Lipinski definition) is 2. The predicted molar refractivity (Wildman–Crippen MR) is 77.3 cm³/mol. The van der Waals surface area contributed by atoms with Gasteiger partial charge >= 0.3 is 11.7 Å². The highest BCUT2D eigenvalue weighted by Crippen LogP contribution is 2.21. The van der Waals surface area contributed by atoms with Gasteiger partial charge in [-0.15, -0.1) is 0 Å². The average molecular weight is 295 g/mol. The summed E-state index contributed by atoms with van der Waals surface area (Å²) >= 11 is 0. The van der Waals surface area contributed by atoms with Gasteiger partial charge in [-0.25, -0.2) is 4.79 Å². The molecule has 7 nitrogen and oxygen atoms in total. The lowest BCUT2D eigenvalue weighted by molar-refractivity contribution is -0.138. The molecule has 0 aliphatic heterocycles. The van der Waals surface area contributed by atoms with Gasteiger partial charge < -0.3 is 10.4 Å². The Morgan fingerprint density at radius 1 is 1.38 bits per heavy atom. The second-order valence-electron chi connectivity index (χ2n) is 4.97. The molecule has 1 heterocycles. The van der Waals surface area contributed by atoms with Crippen molar-refractivity contribution < 1.29 is 14.7 Å². The zero-order valence-corrected chi connectivity index (χ0v) is 12.8. The fourth-order valence-electron chi connectivity index (χ4n) is 2.21. The summed E-state index contributed by atoms with van der Waals surface area (Å²) < 4.78 is 1.22. The van der Waals surface area contributed by atoms with Crippen molar-refractivity contribution >= 4 is 11.9 Å². The first-order valence-corrected chi connectivity index (χ1v) is 6.87. The van der Waals surface area contributed by atoms with Crippen LogP contribution in [0.4, 0.5) is 0 Å². The van der Waals surface area contributed by atoms with Crippen LogP contribution in [0, 0.1) is 13.8 Å². The Labute approximate surface area is 123 Å². The molecular formula is C14H21N3O4. The van der Waals surface area contributed by atoms with Gasteiger partial charge in [0, 0.05) is 23.5 Å². The molecular weight excluding hydrogens is 274 g/mol. The number of nitrogens with zero attached hydrogens (tertiary/aromatic N) is 2. The molecule has 0 radical (unpaired) electrons. The smallest absolute Gasteiger partial charge is 0.348 e. The number of carbonyl (C=O) groups excluding carboxylic acids is 1. The Hall–Kier alpha value is -2.18. The van der Waals surface area contributed by atoms with Crippen LogP contribution in [0.5, 0.6) is 0 Å². The van der Waals surface area contributed by atoms with E-state index in [9.17, 15) is 14.4 Å². The van der Waals surface area contributed by atoms with Crippen molar-refractivity contribution in [3.8, 4) is 0 Å². The Kier molecular flexibility index (Phi) is 5.63. The van der Waals surface area contributed by atoms with Gasteiger partial charge in [0.2, 0.25) is 5.91 Å². The van der Waals surface area contributed by atoms with E-state index in [0.717, 1.165) is 6.42 Å². The van der Waals surface area contributed by atoms with Crippen LogP contribution in [-0.2, 0) is 16.1 Å². The van der Waals surface area contributed by atoms with Crippen LogP contribution in [0.15, 0.2) is 4.79 Å². The quantitative estimate of drug-likeness (QED) is 0.799. The maximum Gasteiger partial charge on any atom is 0.348 e. The van der Waals surface area contributed by atoms with E-state index in [4.69, 9.17) is 5.11 Å². The molecule has 0 aliphatic carbocycles. The monoisotopic (exact) mass is 295 g/mol. The third kappa shape index (κ3) is 3.90. The number of carboxylic acids is 1. The number of carbonyl (C=O) groups is 2. The largest absolute Gasteiger partial charge is 0.481 e. The second-order valence-corrected chi connectivity index (χ2v) is 4.97. The molecule has 1 unspecified atom stereocenters. The number of aryl methyl sites for hydroxylation is 1. The van der Waals surface area contributed by atoms with E-state index in [1.807, 2.05) is 6.92 Å². The molecule has 0 bridgehead atoms. The summed E-state index contributed by atoms with van der Waals surface area (Å²) in [6.07, 6.45) is 0.799. The van der Waals surface area contributed by atoms with E-state index in [1.54, 1.807) is 13.8 Å². The van der Waals surface area contributed by atoms with E-state index in [1.165, 1.54) is 11.5 Å². The van der Waals surface area contributed by atoms with Gasteiger partial charge in [-0.1, -0.05) is 6.92 Å². The van der Waals surface area contributed by atoms with Crippen LogP contribution in [0.25, 0.3) is 0 Å². The Morgan fingerprint density at radius 2 is 2.00 bits per heavy atom. The zero-order chi connectivity index (χ0) is 16.2. The molecule has 116 valence electrons. The van der Waals surface area contributed by atoms with Crippen molar-refractivity contribution in [1.29, 1.82) is 0 Å². The number of carboxylic acid groups (broad SMARTS) is 1. The van der Waals surface area contributed by atoms with Crippen LogP contribution in [0.3, 0.4) is 0 Å². The third-order valence-corrected chi connectivity index (χ3v) is 3.36. The van der Waals surface area contributed by atoms with Crippen molar-refractivity contribution in [3.05, 3.63) is 27.4 Å². The van der Waals surface area contributed by atoms with Crippen molar-refractivity contribution in [2.45, 2.75) is 46.6 Å². The maximum absolute atomic E-state index is 11.9. The molecule has 0 fully saturated rings. The number of aliphatic carboxylic acids is 1. The van der Waals surface area contributed by atoms with Crippen LogP contribution in [0.1, 0.15) is 43.1 Å². The SMILES string of the molecule is CCCNC(=O)Cn1c(C)c(C(C)C(=O)O)c(C)nc1=O. The molecule has 0 spiro atoms. The molecule has 1 aromatic rings.